The van der Waals surface area contributed by atoms with Crippen LogP contribution in [0.15, 0.2) is 30.3 Å². The monoisotopic (exact) mass is 225 g/mol. The average molecular weight is 225 g/mol. The van der Waals surface area contributed by atoms with Crippen LogP contribution in [0, 0.1) is 12.3 Å². The van der Waals surface area contributed by atoms with Crippen molar-refractivity contribution in [2.24, 2.45) is 0 Å². The minimum Gasteiger partial charge on any atom is -0.328 e. The van der Waals surface area contributed by atoms with Gasteiger partial charge in [0, 0.05) is 24.0 Å². The number of aryl methyl sites for hydroxylation is 1. The second-order valence-electron chi connectivity index (χ2n) is 4.50. The third-order valence-corrected chi connectivity index (χ3v) is 3.25. The molecule has 0 atom stereocenters. The number of benzene rings is 1. The number of hydrogen-bond acceptors (Lipinski definition) is 2. The molecule has 3 nitrogen and oxygen atoms in total. The van der Waals surface area contributed by atoms with E-state index in [1.807, 2.05) is 19.1 Å². The van der Waals surface area contributed by atoms with E-state index >= 15 is 0 Å². The van der Waals surface area contributed by atoms with Gasteiger partial charge in [0.2, 0.25) is 0 Å². The van der Waals surface area contributed by atoms with Crippen molar-refractivity contribution in [3.63, 3.8) is 0 Å². The molecular formula is C14H15N3. The van der Waals surface area contributed by atoms with Crippen molar-refractivity contribution in [1.82, 2.24) is 4.98 Å². The molecule has 1 aromatic heterocycles. The first-order chi connectivity index (χ1) is 8.25. The molecule has 0 bridgehead atoms. The van der Waals surface area contributed by atoms with Crippen LogP contribution < -0.4 is 4.90 Å². The van der Waals surface area contributed by atoms with Crippen molar-refractivity contribution < 1.29 is 0 Å². The number of pyridine rings is 1. The molecular weight excluding hydrogens is 210 g/mol. The van der Waals surface area contributed by atoms with Crippen molar-refractivity contribution in [3.05, 3.63) is 36.0 Å². The van der Waals surface area contributed by atoms with Crippen molar-refractivity contribution >= 4 is 22.4 Å². The van der Waals surface area contributed by atoms with Crippen molar-refractivity contribution in [1.29, 1.82) is 5.41 Å². The molecule has 1 N–H and O–H groups in total. The number of nitrogens with one attached hydrogen (secondary N) is 1. The second-order valence-corrected chi connectivity index (χ2v) is 4.50. The topological polar surface area (TPSA) is 40.0 Å². The third-order valence-electron chi connectivity index (χ3n) is 3.25. The zero-order valence-corrected chi connectivity index (χ0v) is 9.90. The summed E-state index contributed by atoms with van der Waals surface area (Å²) in [4.78, 5) is 6.69. The molecule has 0 spiro atoms. The maximum Gasteiger partial charge on any atom is 0.100 e. The average Bonchev–Trinajstić information content (AvgIpc) is 2.74. The molecule has 1 saturated heterocycles. The number of aromatic nitrogens is 1. The van der Waals surface area contributed by atoms with Crippen LogP contribution in [0.2, 0.25) is 0 Å². The summed E-state index contributed by atoms with van der Waals surface area (Å²) in [7, 11) is 0. The Kier molecular flexibility index (Phi) is 2.32. The number of fused-ring (bicyclic) bond motifs is 1. The number of rotatable bonds is 1. The molecule has 0 amide bonds. The standard InChI is InChI=1S/C14H15N3/c1-10-7-8-11-4-2-5-12(14(11)16-10)17-9-3-6-13(17)15/h2,4-5,7-8,15H,3,6,9H2,1H3. The maximum absolute atomic E-state index is 7.97. The number of anilines is 1. The third kappa shape index (κ3) is 1.68. The van der Waals surface area contributed by atoms with Gasteiger partial charge in [-0.25, -0.2) is 0 Å². The Morgan fingerprint density at radius 3 is 2.88 bits per heavy atom. The molecule has 0 saturated carbocycles. The van der Waals surface area contributed by atoms with E-state index in [-0.39, 0.29) is 0 Å². The largest absolute Gasteiger partial charge is 0.328 e. The molecule has 1 aromatic carbocycles. The van der Waals surface area contributed by atoms with Crippen LogP contribution in [0.1, 0.15) is 18.5 Å². The van der Waals surface area contributed by atoms with Crippen molar-refractivity contribution in [2.75, 3.05) is 11.4 Å². The van der Waals surface area contributed by atoms with E-state index in [0.29, 0.717) is 5.84 Å². The highest BCUT2D eigenvalue weighted by Crippen LogP contribution is 2.28. The minimum absolute atomic E-state index is 0.709. The van der Waals surface area contributed by atoms with Gasteiger partial charge in [0.25, 0.3) is 0 Å². The molecule has 17 heavy (non-hydrogen) atoms. The van der Waals surface area contributed by atoms with E-state index < -0.39 is 0 Å². The van der Waals surface area contributed by atoms with Crippen LogP contribution in [0.5, 0.6) is 0 Å². The van der Waals surface area contributed by atoms with E-state index in [9.17, 15) is 0 Å². The van der Waals surface area contributed by atoms with Gasteiger partial charge in [-0.05, 0) is 25.5 Å². The van der Waals surface area contributed by atoms with Crippen molar-refractivity contribution in [3.8, 4) is 0 Å². The summed E-state index contributed by atoms with van der Waals surface area (Å²) in [5, 5.41) is 9.12. The Hall–Kier alpha value is -1.90. The molecule has 2 heterocycles. The van der Waals surface area contributed by atoms with E-state index in [2.05, 4.69) is 28.1 Å². The second kappa shape index (κ2) is 3.84. The molecule has 1 fully saturated rings. The normalized spacial score (nSPS) is 15.8. The summed E-state index contributed by atoms with van der Waals surface area (Å²) in [6.07, 6.45) is 1.95. The fourth-order valence-electron chi connectivity index (χ4n) is 2.39. The molecule has 2 aromatic rings. The van der Waals surface area contributed by atoms with Crippen LogP contribution in [0.4, 0.5) is 5.69 Å². The first-order valence-electron chi connectivity index (χ1n) is 5.97. The molecule has 1 aliphatic rings. The van der Waals surface area contributed by atoms with Crippen LogP contribution >= 0.6 is 0 Å². The lowest BCUT2D eigenvalue weighted by atomic mass is 10.1. The van der Waals surface area contributed by atoms with Gasteiger partial charge in [0.1, 0.15) is 5.84 Å². The Morgan fingerprint density at radius 1 is 1.24 bits per heavy atom. The van der Waals surface area contributed by atoms with Gasteiger partial charge >= 0.3 is 0 Å². The summed E-state index contributed by atoms with van der Waals surface area (Å²) < 4.78 is 0. The van der Waals surface area contributed by atoms with E-state index in [1.165, 1.54) is 0 Å². The highest BCUT2D eigenvalue weighted by Gasteiger charge is 2.20. The van der Waals surface area contributed by atoms with Crippen LogP contribution in [-0.4, -0.2) is 17.4 Å². The molecule has 0 aliphatic carbocycles. The first-order valence-corrected chi connectivity index (χ1v) is 5.97. The van der Waals surface area contributed by atoms with Gasteiger partial charge in [0.15, 0.2) is 0 Å². The van der Waals surface area contributed by atoms with Gasteiger partial charge in [-0.3, -0.25) is 10.4 Å². The fourth-order valence-corrected chi connectivity index (χ4v) is 2.39. The van der Waals surface area contributed by atoms with E-state index in [1.54, 1.807) is 0 Å². The van der Waals surface area contributed by atoms with Crippen LogP contribution in [-0.2, 0) is 0 Å². The lowest BCUT2D eigenvalue weighted by Crippen LogP contribution is -2.23. The smallest absolute Gasteiger partial charge is 0.100 e. The Balaban J connectivity index is 2.21. The molecule has 86 valence electrons. The Morgan fingerprint density at radius 2 is 2.12 bits per heavy atom. The van der Waals surface area contributed by atoms with Crippen LogP contribution in [0.3, 0.4) is 0 Å². The highest BCUT2D eigenvalue weighted by molar-refractivity contribution is 6.04. The van der Waals surface area contributed by atoms with E-state index in [0.717, 1.165) is 41.7 Å². The molecule has 1 aliphatic heterocycles. The SMILES string of the molecule is Cc1ccc2cccc(N3CCCC3=N)c2n1. The van der Waals surface area contributed by atoms with Gasteiger partial charge in [-0.1, -0.05) is 18.2 Å². The zero-order valence-electron chi connectivity index (χ0n) is 9.90. The maximum atomic E-state index is 7.97. The van der Waals surface area contributed by atoms with Gasteiger partial charge in [-0.15, -0.1) is 0 Å². The van der Waals surface area contributed by atoms with Gasteiger partial charge in [-0.2, -0.15) is 0 Å². The summed E-state index contributed by atoms with van der Waals surface area (Å²) in [6.45, 7) is 2.94. The molecule has 0 unspecified atom stereocenters. The summed E-state index contributed by atoms with van der Waals surface area (Å²) >= 11 is 0. The zero-order chi connectivity index (χ0) is 11.8. The first kappa shape index (κ1) is 10.3. The highest BCUT2D eigenvalue weighted by atomic mass is 15.2. The van der Waals surface area contributed by atoms with Gasteiger partial charge in [0.05, 0.1) is 11.2 Å². The molecule has 3 heteroatoms. The van der Waals surface area contributed by atoms with Gasteiger partial charge < -0.3 is 4.90 Å². The quantitative estimate of drug-likeness (QED) is 0.810. The van der Waals surface area contributed by atoms with Crippen molar-refractivity contribution in [2.45, 2.75) is 19.8 Å². The van der Waals surface area contributed by atoms with Crippen LogP contribution in [0.25, 0.3) is 10.9 Å². The predicted molar refractivity (Wildman–Crippen MR) is 70.8 cm³/mol. The summed E-state index contributed by atoms with van der Waals surface area (Å²) in [5.41, 5.74) is 3.11. The number of para-hydroxylation sites is 1. The summed E-state index contributed by atoms with van der Waals surface area (Å²) in [5.74, 6) is 0.709. The minimum atomic E-state index is 0.709. The summed E-state index contributed by atoms with van der Waals surface area (Å²) in [6, 6.07) is 10.3. The number of hydrogen-bond donors (Lipinski definition) is 1. The predicted octanol–water partition coefficient (Wildman–Crippen LogP) is 3.12. The molecule has 3 rings (SSSR count). The number of nitrogens with zero attached hydrogens (tertiary/aromatic N) is 2. The Labute approximate surface area is 101 Å². The Bertz CT molecular complexity index is 589. The lowest BCUT2D eigenvalue weighted by Gasteiger charge is -2.19. The fraction of sp³-hybridized carbons (Fsp3) is 0.286. The number of amidine groups is 1. The van der Waals surface area contributed by atoms with E-state index in [4.69, 9.17) is 5.41 Å². The lowest BCUT2D eigenvalue weighted by molar-refractivity contribution is 0.957. The molecule has 0 radical (unpaired) electrons.